The molecule has 0 aromatic rings. The molecule has 2 atom stereocenters. The van der Waals surface area contributed by atoms with Gasteiger partial charge in [-0.1, -0.05) is 0 Å². The van der Waals surface area contributed by atoms with Crippen molar-refractivity contribution in [2.45, 2.75) is 18.5 Å². The molecule has 94 valence electrons. The maximum absolute atomic E-state index is 11.8. The number of amides is 1. The van der Waals surface area contributed by atoms with E-state index in [0.29, 0.717) is 6.42 Å². The van der Waals surface area contributed by atoms with E-state index in [-0.39, 0.29) is 30.1 Å². The third-order valence-corrected chi connectivity index (χ3v) is 4.52. The molecular weight excluding hydrogens is 232 g/mol. The van der Waals surface area contributed by atoms with E-state index in [4.69, 9.17) is 10.5 Å². The molecule has 1 aliphatic heterocycles. The highest BCUT2D eigenvalue weighted by Gasteiger charge is 2.34. The van der Waals surface area contributed by atoms with Crippen LogP contribution < -0.4 is 5.73 Å². The zero-order chi connectivity index (χ0) is 12.3. The molecular formula is C9H18N2O4S. The topological polar surface area (TPSA) is 89.7 Å². The van der Waals surface area contributed by atoms with Crippen LogP contribution in [0.4, 0.5) is 0 Å². The number of carbonyl (C=O) groups excluding carboxylic acids is 1. The molecule has 0 saturated carbocycles. The summed E-state index contributed by atoms with van der Waals surface area (Å²) in [5.41, 5.74) is 5.60. The second-order valence-electron chi connectivity index (χ2n) is 4.07. The molecule has 6 nitrogen and oxygen atoms in total. The van der Waals surface area contributed by atoms with Crippen LogP contribution in [0, 0.1) is 0 Å². The fraction of sp³-hybridized carbons (Fsp3) is 0.889. The molecule has 0 aromatic carbocycles. The molecule has 16 heavy (non-hydrogen) atoms. The summed E-state index contributed by atoms with van der Waals surface area (Å²) < 4.78 is 27.3. The zero-order valence-electron chi connectivity index (χ0n) is 9.55. The molecule has 1 aliphatic rings. The summed E-state index contributed by atoms with van der Waals surface area (Å²) in [4.78, 5) is 13.2. The quantitative estimate of drug-likeness (QED) is 0.663. The molecule has 1 rings (SSSR count). The molecule has 0 spiro atoms. The first-order chi connectivity index (χ1) is 7.37. The maximum atomic E-state index is 11.8. The Morgan fingerprint density at radius 3 is 2.69 bits per heavy atom. The fourth-order valence-corrected chi connectivity index (χ4v) is 3.55. The summed E-state index contributed by atoms with van der Waals surface area (Å²) >= 11 is 0. The maximum Gasteiger partial charge on any atom is 0.241 e. The predicted octanol–water partition coefficient (Wildman–Crippen LogP) is -1.39. The standard InChI is InChI=1S/C9H18N2O4S/c1-11(9(12)8(10)5-15-2)7-3-4-16(13,14)6-7/h7-8H,3-6,10H2,1-2H3. The van der Waals surface area contributed by atoms with Crippen LogP contribution >= 0.6 is 0 Å². The van der Waals surface area contributed by atoms with E-state index >= 15 is 0 Å². The SMILES string of the molecule is COCC(N)C(=O)N(C)C1CCS(=O)(=O)C1. The minimum atomic E-state index is -2.98. The summed E-state index contributed by atoms with van der Waals surface area (Å²) in [5, 5.41) is 0. The summed E-state index contributed by atoms with van der Waals surface area (Å²) in [6.45, 7) is 0.142. The van der Waals surface area contributed by atoms with Crippen molar-refractivity contribution in [2.24, 2.45) is 5.73 Å². The van der Waals surface area contributed by atoms with Crippen molar-refractivity contribution in [1.29, 1.82) is 0 Å². The van der Waals surface area contributed by atoms with E-state index in [1.807, 2.05) is 0 Å². The van der Waals surface area contributed by atoms with Gasteiger partial charge in [0.15, 0.2) is 9.84 Å². The average Bonchev–Trinajstić information content (AvgIpc) is 2.57. The van der Waals surface area contributed by atoms with Crippen LogP contribution in [-0.2, 0) is 19.4 Å². The van der Waals surface area contributed by atoms with Crippen molar-refractivity contribution < 1.29 is 17.9 Å². The third-order valence-electron chi connectivity index (χ3n) is 2.77. The average molecular weight is 250 g/mol. The number of methoxy groups -OCH3 is 1. The molecule has 0 aromatic heterocycles. The van der Waals surface area contributed by atoms with E-state index < -0.39 is 15.9 Å². The first-order valence-corrected chi connectivity index (χ1v) is 6.91. The lowest BCUT2D eigenvalue weighted by molar-refractivity contribution is -0.134. The molecule has 1 fully saturated rings. The Morgan fingerprint density at radius 1 is 1.62 bits per heavy atom. The Labute approximate surface area is 95.7 Å². The van der Waals surface area contributed by atoms with Crippen LogP contribution in [0.15, 0.2) is 0 Å². The summed E-state index contributed by atoms with van der Waals surface area (Å²) in [6.07, 6.45) is 0.490. The Hall–Kier alpha value is -0.660. The number of likely N-dealkylation sites (N-methyl/N-ethyl adjacent to an activating group) is 1. The van der Waals surface area contributed by atoms with Gasteiger partial charge in [-0.3, -0.25) is 4.79 Å². The molecule has 2 unspecified atom stereocenters. The number of carbonyl (C=O) groups is 1. The Balaban J connectivity index is 2.58. The van der Waals surface area contributed by atoms with Crippen LogP contribution in [0.2, 0.25) is 0 Å². The molecule has 1 saturated heterocycles. The van der Waals surface area contributed by atoms with E-state index in [1.54, 1.807) is 7.05 Å². The Bertz CT molecular complexity index is 355. The number of nitrogens with zero attached hydrogens (tertiary/aromatic N) is 1. The van der Waals surface area contributed by atoms with Crippen LogP contribution in [0.5, 0.6) is 0 Å². The van der Waals surface area contributed by atoms with Crippen LogP contribution in [0.25, 0.3) is 0 Å². The van der Waals surface area contributed by atoms with Crippen LogP contribution in [0.1, 0.15) is 6.42 Å². The second kappa shape index (κ2) is 5.11. The molecule has 0 aliphatic carbocycles. The van der Waals surface area contributed by atoms with Gasteiger partial charge in [-0.2, -0.15) is 0 Å². The Morgan fingerprint density at radius 2 is 2.25 bits per heavy atom. The van der Waals surface area contributed by atoms with Crippen molar-refractivity contribution in [1.82, 2.24) is 4.90 Å². The van der Waals surface area contributed by atoms with Gasteiger partial charge >= 0.3 is 0 Å². The minimum Gasteiger partial charge on any atom is -0.383 e. The lowest BCUT2D eigenvalue weighted by Crippen LogP contribution is -2.48. The smallest absolute Gasteiger partial charge is 0.241 e. The van der Waals surface area contributed by atoms with E-state index in [9.17, 15) is 13.2 Å². The van der Waals surface area contributed by atoms with Gasteiger partial charge < -0.3 is 15.4 Å². The molecule has 2 N–H and O–H groups in total. The number of hydrogen-bond acceptors (Lipinski definition) is 5. The second-order valence-corrected chi connectivity index (χ2v) is 6.30. The summed E-state index contributed by atoms with van der Waals surface area (Å²) in [7, 11) is 0.0742. The highest BCUT2D eigenvalue weighted by molar-refractivity contribution is 7.91. The van der Waals surface area contributed by atoms with Gasteiger partial charge in [0.1, 0.15) is 6.04 Å². The van der Waals surface area contributed by atoms with E-state index in [0.717, 1.165) is 0 Å². The van der Waals surface area contributed by atoms with Gasteiger partial charge in [-0.25, -0.2) is 8.42 Å². The molecule has 7 heteroatoms. The van der Waals surface area contributed by atoms with Crippen molar-refractivity contribution in [3.8, 4) is 0 Å². The van der Waals surface area contributed by atoms with Crippen molar-refractivity contribution in [3.63, 3.8) is 0 Å². The van der Waals surface area contributed by atoms with Gasteiger partial charge in [0.2, 0.25) is 5.91 Å². The van der Waals surface area contributed by atoms with Gasteiger partial charge in [-0.15, -0.1) is 0 Å². The van der Waals surface area contributed by atoms with Gasteiger partial charge in [-0.05, 0) is 6.42 Å². The van der Waals surface area contributed by atoms with Gasteiger partial charge in [0, 0.05) is 20.2 Å². The molecule has 1 amide bonds. The number of sulfone groups is 1. The fourth-order valence-electron chi connectivity index (χ4n) is 1.77. The van der Waals surface area contributed by atoms with Crippen molar-refractivity contribution in [3.05, 3.63) is 0 Å². The lowest BCUT2D eigenvalue weighted by Gasteiger charge is -2.26. The first kappa shape index (κ1) is 13.4. The highest BCUT2D eigenvalue weighted by Crippen LogP contribution is 2.16. The van der Waals surface area contributed by atoms with Crippen LogP contribution in [0.3, 0.4) is 0 Å². The highest BCUT2D eigenvalue weighted by atomic mass is 32.2. The van der Waals surface area contributed by atoms with Gasteiger partial charge in [0.25, 0.3) is 0 Å². The molecule has 1 heterocycles. The Kier molecular flexibility index (Phi) is 4.28. The molecule has 0 bridgehead atoms. The summed E-state index contributed by atoms with van der Waals surface area (Å²) in [6, 6.07) is -0.973. The number of hydrogen-bond donors (Lipinski definition) is 1. The van der Waals surface area contributed by atoms with Crippen molar-refractivity contribution in [2.75, 3.05) is 32.3 Å². The van der Waals surface area contributed by atoms with Crippen molar-refractivity contribution >= 4 is 15.7 Å². The summed E-state index contributed by atoms with van der Waals surface area (Å²) in [5.74, 6) is -0.0898. The van der Waals surface area contributed by atoms with Gasteiger partial charge in [0.05, 0.1) is 18.1 Å². The first-order valence-electron chi connectivity index (χ1n) is 5.09. The van der Waals surface area contributed by atoms with Crippen LogP contribution in [-0.4, -0.2) is 63.6 Å². The number of nitrogens with two attached hydrogens (primary N) is 1. The van der Waals surface area contributed by atoms with E-state index in [2.05, 4.69) is 0 Å². The number of ether oxygens (including phenoxy) is 1. The minimum absolute atomic E-state index is 0.0366. The van der Waals surface area contributed by atoms with E-state index in [1.165, 1.54) is 12.0 Å². The normalized spacial score (nSPS) is 25.3. The molecule has 0 radical (unpaired) electrons. The zero-order valence-corrected chi connectivity index (χ0v) is 10.4. The lowest BCUT2D eigenvalue weighted by atomic mass is 10.2. The predicted molar refractivity (Wildman–Crippen MR) is 59.7 cm³/mol. The largest absolute Gasteiger partial charge is 0.383 e. The monoisotopic (exact) mass is 250 g/mol. The third kappa shape index (κ3) is 3.16. The number of rotatable bonds is 4.